The molecule has 0 atom stereocenters. The third kappa shape index (κ3) is 4.90. The predicted octanol–water partition coefficient (Wildman–Crippen LogP) is 2.81. The number of aliphatic imine (C=N–C) groups is 1. The molecule has 2 aliphatic rings. The van der Waals surface area contributed by atoms with Gasteiger partial charge >= 0.3 is 6.09 Å². The number of nitrogens with one attached hydrogen (secondary N) is 1. The van der Waals surface area contributed by atoms with Gasteiger partial charge in [0.15, 0.2) is 0 Å². The van der Waals surface area contributed by atoms with Gasteiger partial charge in [-0.15, -0.1) is 0 Å². The van der Waals surface area contributed by atoms with Crippen molar-refractivity contribution in [2.24, 2.45) is 10.4 Å². The van der Waals surface area contributed by atoms with Gasteiger partial charge in [0, 0.05) is 13.1 Å². The minimum absolute atomic E-state index is 0.247. The van der Waals surface area contributed by atoms with E-state index in [4.69, 9.17) is 4.74 Å². The topological polar surface area (TPSA) is 53.9 Å². The molecular formula is C16H29N3O2. The lowest BCUT2D eigenvalue weighted by Crippen LogP contribution is -2.48. The van der Waals surface area contributed by atoms with Crippen LogP contribution in [0.25, 0.3) is 0 Å². The zero-order valence-corrected chi connectivity index (χ0v) is 13.9. The van der Waals surface area contributed by atoms with Crippen molar-refractivity contribution in [3.8, 4) is 0 Å². The van der Waals surface area contributed by atoms with Crippen LogP contribution in [-0.2, 0) is 4.74 Å². The summed E-state index contributed by atoms with van der Waals surface area (Å²) in [4.78, 5) is 18.3. The monoisotopic (exact) mass is 295 g/mol. The first-order chi connectivity index (χ1) is 9.77. The van der Waals surface area contributed by atoms with Crippen LogP contribution < -0.4 is 5.32 Å². The molecule has 0 radical (unpaired) electrons. The maximum Gasteiger partial charge on any atom is 0.410 e. The highest BCUT2D eigenvalue weighted by Gasteiger charge is 2.30. The molecule has 1 fully saturated rings. The summed E-state index contributed by atoms with van der Waals surface area (Å²) in [5.41, 5.74) is -0.0622. The molecule has 2 rings (SSSR count). The molecule has 1 aliphatic heterocycles. The van der Waals surface area contributed by atoms with Gasteiger partial charge < -0.3 is 10.1 Å². The molecular weight excluding hydrogens is 266 g/mol. The predicted molar refractivity (Wildman–Crippen MR) is 84.7 cm³/mol. The Kier molecular flexibility index (Phi) is 4.79. The Morgan fingerprint density at radius 2 is 2.05 bits per heavy atom. The molecule has 5 heteroatoms. The zero-order valence-electron chi connectivity index (χ0n) is 13.9. The number of ether oxygens (including phenoxy) is 1. The van der Waals surface area contributed by atoms with Gasteiger partial charge in [-0.2, -0.15) is 0 Å². The Balaban J connectivity index is 1.83. The summed E-state index contributed by atoms with van der Waals surface area (Å²) in [6.07, 6.45) is 4.97. The Morgan fingerprint density at radius 1 is 1.38 bits per heavy atom. The second kappa shape index (κ2) is 6.24. The van der Waals surface area contributed by atoms with Crippen molar-refractivity contribution in [2.45, 2.75) is 59.0 Å². The van der Waals surface area contributed by atoms with Gasteiger partial charge in [0.25, 0.3) is 0 Å². The minimum Gasteiger partial charge on any atom is -0.444 e. The number of rotatable bonds is 2. The fourth-order valence-electron chi connectivity index (χ4n) is 2.93. The van der Waals surface area contributed by atoms with Crippen LogP contribution in [0.2, 0.25) is 0 Å². The maximum absolute atomic E-state index is 12.1. The van der Waals surface area contributed by atoms with Crippen molar-refractivity contribution in [3.05, 3.63) is 0 Å². The minimum atomic E-state index is -0.448. The highest BCUT2D eigenvalue weighted by atomic mass is 16.6. The maximum atomic E-state index is 12.1. The van der Waals surface area contributed by atoms with Crippen molar-refractivity contribution in [1.82, 2.24) is 10.2 Å². The van der Waals surface area contributed by atoms with Gasteiger partial charge in [0.1, 0.15) is 11.4 Å². The van der Waals surface area contributed by atoms with E-state index in [1.165, 1.54) is 25.7 Å². The summed E-state index contributed by atoms with van der Waals surface area (Å²) in [7, 11) is 0. The molecule has 1 N–H and O–H groups in total. The first kappa shape index (κ1) is 16.1. The highest BCUT2D eigenvalue weighted by molar-refractivity contribution is 5.87. The number of hydrogen-bond acceptors (Lipinski definition) is 4. The van der Waals surface area contributed by atoms with E-state index in [-0.39, 0.29) is 6.09 Å². The largest absolute Gasteiger partial charge is 0.444 e. The molecule has 1 amide bonds. The molecule has 1 saturated carbocycles. The van der Waals surface area contributed by atoms with Crippen molar-refractivity contribution in [3.63, 3.8) is 0 Å². The van der Waals surface area contributed by atoms with E-state index in [9.17, 15) is 4.79 Å². The lowest BCUT2D eigenvalue weighted by Gasteiger charge is -2.31. The average molecular weight is 295 g/mol. The molecule has 5 nitrogen and oxygen atoms in total. The number of carbonyl (C=O) groups excluding carboxylic acids is 1. The first-order valence-electron chi connectivity index (χ1n) is 8.03. The molecule has 0 aromatic rings. The highest BCUT2D eigenvalue weighted by Crippen LogP contribution is 2.36. The van der Waals surface area contributed by atoms with Crippen LogP contribution in [0.4, 0.5) is 4.79 Å². The van der Waals surface area contributed by atoms with Gasteiger partial charge in [0.05, 0.1) is 13.1 Å². The summed E-state index contributed by atoms with van der Waals surface area (Å²) in [5, 5.41) is 3.45. The van der Waals surface area contributed by atoms with E-state index in [0.29, 0.717) is 25.0 Å². The van der Waals surface area contributed by atoms with Crippen LogP contribution >= 0.6 is 0 Å². The molecule has 0 aromatic carbocycles. The van der Waals surface area contributed by atoms with Crippen LogP contribution in [-0.4, -0.2) is 48.6 Å². The SMILES string of the molecule is CC1(CNC2=NCCN(C(=O)OC(C)(C)C)C2)CCCC1. The second-order valence-corrected chi connectivity index (χ2v) is 7.60. The van der Waals surface area contributed by atoms with Gasteiger partial charge in [-0.3, -0.25) is 9.89 Å². The molecule has 1 heterocycles. The van der Waals surface area contributed by atoms with Gasteiger partial charge in [-0.05, 0) is 39.0 Å². The molecule has 0 bridgehead atoms. The molecule has 120 valence electrons. The number of hydrogen-bond donors (Lipinski definition) is 1. The Hall–Kier alpha value is -1.26. The molecule has 0 spiro atoms. The number of carbonyl (C=O) groups is 1. The average Bonchev–Trinajstić information content (AvgIpc) is 2.82. The first-order valence-corrected chi connectivity index (χ1v) is 8.03. The third-order valence-electron chi connectivity index (χ3n) is 4.19. The van der Waals surface area contributed by atoms with Gasteiger partial charge in [-0.1, -0.05) is 19.8 Å². The van der Waals surface area contributed by atoms with E-state index in [0.717, 1.165) is 12.4 Å². The quantitative estimate of drug-likeness (QED) is 0.852. The summed E-state index contributed by atoms with van der Waals surface area (Å²) >= 11 is 0. The Labute approximate surface area is 128 Å². The Bertz CT molecular complexity index is 406. The third-order valence-corrected chi connectivity index (χ3v) is 4.19. The van der Waals surface area contributed by atoms with Crippen molar-refractivity contribution < 1.29 is 9.53 Å². The van der Waals surface area contributed by atoms with Gasteiger partial charge in [-0.25, -0.2) is 4.79 Å². The zero-order chi connectivity index (χ0) is 15.5. The summed E-state index contributed by atoms with van der Waals surface area (Å²) in [5.74, 6) is 0.917. The lowest BCUT2D eigenvalue weighted by molar-refractivity contribution is 0.0276. The van der Waals surface area contributed by atoms with Crippen LogP contribution in [0.1, 0.15) is 53.4 Å². The van der Waals surface area contributed by atoms with Gasteiger partial charge in [0.2, 0.25) is 0 Å². The van der Waals surface area contributed by atoms with E-state index in [1.807, 2.05) is 20.8 Å². The number of amidine groups is 1. The molecule has 0 aromatic heterocycles. The van der Waals surface area contributed by atoms with Crippen LogP contribution in [0.3, 0.4) is 0 Å². The standard InChI is InChI=1S/C16H29N3O2/c1-15(2,3)21-14(20)19-10-9-17-13(11-19)18-12-16(4)7-5-6-8-16/h5-12H2,1-4H3,(H,17,18). The normalized spacial score (nSPS) is 21.9. The summed E-state index contributed by atoms with van der Waals surface area (Å²) in [6, 6.07) is 0. The number of amides is 1. The lowest BCUT2D eigenvalue weighted by atomic mass is 9.89. The molecule has 21 heavy (non-hydrogen) atoms. The fraction of sp³-hybridized carbons (Fsp3) is 0.875. The van der Waals surface area contributed by atoms with E-state index >= 15 is 0 Å². The van der Waals surface area contributed by atoms with Crippen molar-refractivity contribution in [1.29, 1.82) is 0 Å². The molecule has 0 saturated heterocycles. The van der Waals surface area contributed by atoms with E-state index < -0.39 is 5.60 Å². The second-order valence-electron chi connectivity index (χ2n) is 7.60. The van der Waals surface area contributed by atoms with Crippen LogP contribution in [0, 0.1) is 5.41 Å². The Morgan fingerprint density at radius 3 is 2.67 bits per heavy atom. The molecule has 0 unspecified atom stereocenters. The summed E-state index contributed by atoms with van der Waals surface area (Å²) in [6.45, 7) is 10.8. The van der Waals surface area contributed by atoms with Crippen molar-refractivity contribution in [2.75, 3.05) is 26.2 Å². The van der Waals surface area contributed by atoms with E-state index in [1.54, 1.807) is 4.90 Å². The smallest absolute Gasteiger partial charge is 0.410 e. The summed E-state index contributed by atoms with van der Waals surface area (Å²) < 4.78 is 5.43. The van der Waals surface area contributed by atoms with E-state index in [2.05, 4.69) is 17.2 Å². The number of nitrogens with zero attached hydrogens (tertiary/aromatic N) is 2. The fourth-order valence-corrected chi connectivity index (χ4v) is 2.93. The van der Waals surface area contributed by atoms with Crippen LogP contribution in [0.15, 0.2) is 4.99 Å². The molecule has 1 aliphatic carbocycles. The van der Waals surface area contributed by atoms with Crippen LogP contribution in [0.5, 0.6) is 0 Å². The van der Waals surface area contributed by atoms with Crippen molar-refractivity contribution >= 4 is 11.9 Å².